The zero-order valence-corrected chi connectivity index (χ0v) is 15.5. The number of hydrogen-bond acceptors (Lipinski definition) is 4. The van der Waals surface area contributed by atoms with E-state index in [2.05, 4.69) is 34.5 Å². The van der Waals surface area contributed by atoms with Crippen LogP contribution in [0.2, 0.25) is 0 Å². The van der Waals surface area contributed by atoms with E-state index in [1.54, 1.807) is 0 Å². The van der Waals surface area contributed by atoms with E-state index in [4.69, 9.17) is 4.74 Å². The zero-order valence-electron chi connectivity index (χ0n) is 15.5. The molecular weight excluding hydrogens is 314 g/mol. The molecule has 1 N–H and O–H groups in total. The van der Waals surface area contributed by atoms with E-state index >= 15 is 0 Å². The first-order valence-electron chi connectivity index (χ1n) is 9.57. The van der Waals surface area contributed by atoms with Crippen molar-refractivity contribution in [2.24, 2.45) is 0 Å². The second-order valence-corrected chi connectivity index (χ2v) is 7.27. The average molecular weight is 345 g/mol. The summed E-state index contributed by atoms with van der Waals surface area (Å²) in [5, 5.41) is 3.41. The minimum atomic E-state index is -0.0111. The molecule has 2 heterocycles. The van der Waals surface area contributed by atoms with E-state index in [9.17, 15) is 4.79 Å². The molecule has 0 radical (unpaired) electrons. The van der Waals surface area contributed by atoms with Gasteiger partial charge in [-0.25, -0.2) is 0 Å². The molecule has 0 aliphatic carbocycles. The van der Waals surface area contributed by atoms with Gasteiger partial charge < -0.3 is 15.0 Å². The highest BCUT2D eigenvalue weighted by molar-refractivity contribution is 5.81. The highest BCUT2D eigenvalue weighted by Crippen LogP contribution is 2.26. The van der Waals surface area contributed by atoms with Crippen LogP contribution in [0.25, 0.3) is 0 Å². The first kappa shape index (κ1) is 18.2. The van der Waals surface area contributed by atoms with Gasteiger partial charge in [-0.1, -0.05) is 12.1 Å². The summed E-state index contributed by atoms with van der Waals surface area (Å²) in [6.07, 6.45) is 3.39. The van der Waals surface area contributed by atoms with Crippen molar-refractivity contribution in [3.05, 3.63) is 29.8 Å². The Kier molecular flexibility index (Phi) is 6.32. The number of nitrogens with one attached hydrogen (secondary N) is 1. The lowest BCUT2D eigenvalue weighted by Gasteiger charge is -2.37. The molecule has 138 valence electrons. The Morgan fingerprint density at radius 1 is 1.16 bits per heavy atom. The number of ether oxygens (including phenoxy) is 1. The lowest BCUT2D eigenvalue weighted by atomic mass is 9.90. The predicted octanol–water partition coefficient (Wildman–Crippen LogP) is 2.08. The van der Waals surface area contributed by atoms with E-state index < -0.39 is 0 Å². The van der Waals surface area contributed by atoms with Crippen LogP contribution in [0.4, 0.5) is 0 Å². The molecule has 25 heavy (non-hydrogen) atoms. The molecule has 5 heteroatoms. The summed E-state index contributed by atoms with van der Waals surface area (Å²) in [7, 11) is 1.88. The Morgan fingerprint density at radius 3 is 2.60 bits per heavy atom. The van der Waals surface area contributed by atoms with Crippen molar-refractivity contribution in [1.82, 2.24) is 15.1 Å². The third-order valence-electron chi connectivity index (χ3n) is 5.55. The van der Waals surface area contributed by atoms with Crippen molar-refractivity contribution in [3.8, 4) is 5.75 Å². The summed E-state index contributed by atoms with van der Waals surface area (Å²) in [5.74, 6) is 1.85. The monoisotopic (exact) mass is 345 g/mol. The van der Waals surface area contributed by atoms with E-state index in [1.807, 2.05) is 18.9 Å². The Bertz CT molecular complexity index is 555. The lowest BCUT2D eigenvalue weighted by molar-refractivity contribution is -0.139. The number of carbonyl (C=O) groups is 1. The van der Waals surface area contributed by atoms with Crippen molar-refractivity contribution in [2.45, 2.75) is 38.1 Å². The van der Waals surface area contributed by atoms with Crippen LogP contribution in [0.5, 0.6) is 5.75 Å². The van der Waals surface area contributed by atoms with Gasteiger partial charge in [-0.3, -0.25) is 9.69 Å². The summed E-state index contributed by atoms with van der Waals surface area (Å²) in [5.41, 5.74) is 1.43. The second-order valence-electron chi connectivity index (χ2n) is 7.27. The van der Waals surface area contributed by atoms with E-state index in [0.29, 0.717) is 12.5 Å². The van der Waals surface area contributed by atoms with Crippen molar-refractivity contribution in [3.63, 3.8) is 0 Å². The van der Waals surface area contributed by atoms with Gasteiger partial charge in [0.05, 0.1) is 12.6 Å². The summed E-state index contributed by atoms with van der Waals surface area (Å²) >= 11 is 0. The fourth-order valence-electron chi connectivity index (χ4n) is 3.81. The first-order chi connectivity index (χ1) is 12.1. The summed E-state index contributed by atoms with van der Waals surface area (Å²) in [6, 6.07) is 8.61. The lowest BCUT2D eigenvalue weighted by Crippen LogP contribution is -2.54. The molecule has 5 nitrogen and oxygen atoms in total. The van der Waals surface area contributed by atoms with Gasteiger partial charge in [0, 0.05) is 26.7 Å². The number of rotatable bonds is 6. The van der Waals surface area contributed by atoms with Crippen LogP contribution in [-0.2, 0) is 4.79 Å². The minimum Gasteiger partial charge on any atom is -0.494 e. The molecule has 0 saturated carbocycles. The van der Waals surface area contributed by atoms with Crippen LogP contribution in [0, 0.1) is 0 Å². The van der Waals surface area contributed by atoms with Crippen LogP contribution in [0.15, 0.2) is 24.3 Å². The Morgan fingerprint density at radius 2 is 1.88 bits per heavy atom. The molecule has 1 atom stereocenters. The maximum Gasteiger partial charge on any atom is 0.239 e. The van der Waals surface area contributed by atoms with Crippen molar-refractivity contribution < 1.29 is 9.53 Å². The van der Waals surface area contributed by atoms with Gasteiger partial charge in [-0.05, 0) is 62.9 Å². The first-order valence-corrected chi connectivity index (χ1v) is 9.57. The Labute approximate surface area is 151 Å². The molecular formula is C20H31N3O2. The molecule has 0 bridgehead atoms. The highest BCUT2D eigenvalue weighted by atomic mass is 16.5. The highest BCUT2D eigenvalue weighted by Gasteiger charge is 2.28. The van der Waals surface area contributed by atoms with Gasteiger partial charge in [-0.15, -0.1) is 0 Å². The SMILES string of the molecule is CC1C(=O)N(C)CCN1CCCOc1ccc(C2CCNCC2)cc1. The van der Waals surface area contributed by atoms with Crippen LogP contribution in [-0.4, -0.2) is 68.1 Å². The van der Waals surface area contributed by atoms with Crippen LogP contribution >= 0.6 is 0 Å². The van der Waals surface area contributed by atoms with Crippen LogP contribution in [0.1, 0.15) is 37.7 Å². The predicted molar refractivity (Wildman–Crippen MR) is 100 cm³/mol. The Balaban J connectivity index is 1.39. The standard InChI is InChI=1S/C20H31N3O2/c1-16-20(24)22(2)13-14-23(16)12-3-15-25-19-6-4-17(5-7-19)18-8-10-21-11-9-18/h4-7,16,18,21H,3,8-15H2,1-2H3. The number of likely N-dealkylation sites (N-methyl/N-ethyl adjacent to an activating group) is 1. The summed E-state index contributed by atoms with van der Waals surface area (Å²) in [4.78, 5) is 16.1. The molecule has 1 amide bonds. The molecule has 3 rings (SSSR count). The molecule has 2 aliphatic heterocycles. The molecule has 2 saturated heterocycles. The van der Waals surface area contributed by atoms with Gasteiger partial charge in [0.2, 0.25) is 5.91 Å². The van der Waals surface area contributed by atoms with Gasteiger partial charge in [0.25, 0.3) is 0 Å². The fourth-order valence-corrected chi connectivity index (χ4v) is 3.81. The number of nitrogens with zero attached hydrogens (tertiary/aromatic N) is 2. The molecule has 0 aromatic heterocycles. The normalized spacial score (nSPS) is 23.0. The number of carbonyl (C=O) groups excluding carboxylic acids is 1. The molecule has 0 spiro atoms. The maximum absolute atomic E-state index is 12.0. The number of hydrogen-bond donors (Lipinski definition) is 1. The topological polar surface area (TPSA) is 44.8 Å². The average Bonchev–Trinajstić information content (AvgIpc) is 2.66. The van der Waals surface area contributed by atoms with E-state index in [1.165, 1.54) is 18.4 Å². The number of piperidine rings is 1. The van der Waals surface area contributed by atoms with Gasteiger partial charge in [0.15, 0.2) is 0 Å². The second kappa shape index (κ2) is 8.68. The van der Waals surface area contributed by atoms with Gasteiger partial charge in [-0.2, -0.15) is 0 Å². The third-order valence-corrected chi connectivity index (χ3v) is 5.55. The maximum atomic E-state index is 12.0. The molecule has 2 aliphatic rings. The van der Waals surface area contributed by atoms with Gasteiger partial charge in [0.1, 0.15) is 5.75 Å². The number of piperazine rings is 1. The van der Waals surface area contributed by atoms with E-state index in [-0.39, 0.29) is 11.9 Å². The van der Waals surface area contributed by atoms with Crippen molar-refractivity contribution in [1.29, 1.82) is 0 Å². The molecule has 1 unspecified atom stereocenters. The molecule has 1 aromatic carbocycles. The van der Waals surface area contributed by atoms with Crippen LogP contribution in [0.3, 0.4) is 0 Å². The summed E-state index contributed by atoms with van der Waals surface area (Å²) < 4.78 is 5.89. The fraction of sp³-hybridized carbons (Fsp3) is 0.650. The van der Waals surface area contributed by atoms with E-state index in [0.717, 1.165) is 44.9 Å². The largest absolute Gasteiger partial charge is 0.494 e. The number of amides is 1. The summed E-state index contributed by atoms with van der Waals surface area (Å²) in [6.45, 7) is 7.62. The Hall–Kier alpha value is -1.59. The van der Waals surface area contributed by atoms with Gasteiger partial charge >= 0.3 is 0 Å². The zero-order chi connectivity index (χ0) is 17.6. The molecule has 2 fully saturated rings. The quantitative estimate of drug-likeness (QED) is 0.802. The minimum absolute atomic E-state index is 0.0111. The number of benzene rings is 1. The van der Waals surface area contributed by atoms with Crippen molar-refractivity contribution in [2.75, 3.05) is 46.4 Å². The van der Waals surface area contributed by atoms with Crippen LogP contribution < -0.4 is 10.1 Å². The third kappa shape index (κ3) is 4.73. The molecule has 1 aromatic rings. The van der Waals surface area contributed by atoms with Crippen molar-refractivity contribution >= 4 is 5.91 Å². The smallest absolute Gasteiger partial charge is 0.239 e.